The molecule has 2 aromatic rings. The minimum absolute atomic E-state index is 0. The van der Waals surface area contributed by atoms with Gasteiger partial charge in [-0.3, -0.25) is 4.90 Å². The second-order valence-electron chi connectivity index (χ2n) is 6.09. The molecule has 3 rings (SSSR count). The van der Waals surface area contributed by atoms with Crippen LogP contribution in [-0.4, -0.2) is 37.2 Å². The predicted octanol–water partition coefficient (Wildman–Crippen LogP) is 3.94. The standard InChI is InChI=1S/C20H23NO3.ClH/c1-23-18-9-7-17(8-10-18)20(22)24-19-11-13-21(14-12-19)15-16-5-3-2-4-6-16;/h2-10,19H,11-15H2,1H3;1H. The van der Waals surface area contributed by atoms with E-state index in [-0.39, 0.29) is 24.5 Å². The Morgan fingerprint density at radius 1 is 1.04 bits per heavy atom. The average molecular weight is 362 g/mol. The molecule has 0 amide bonds. The summed E-state index contributed by atoms with van der Waals surface area (Å²) in [6.45, 7) is 2.87. The van der Waals surface area contributed by atoms with Gasteiger partial charge in [0.15, 0.2) is 0 Å². The number of benzene rings is 2. The van der Waals surface area contributed by atoms with Crippen LogP contribution in [-0.2, 0) is 11.3 Å². The zero-order valence-corrected chi connectivity index (χ0v) is 15.2. The maximum absolute atomic E-state index is 12.2. The van der Waals surface area contributed by atoms with E-state index in [1.54, 1.807) is 31.4 Å². The van der Waals surface area contributed by atoms with Gasteiger partial charge in [-0.25, -0.2) is 4.79 Å². The maximum atomic E-state index is 12.2. The Morgan fingerprint density at radius 2 is 1.68 bits per heavy atom. The number of carbonyl (C=O) groups is 1. The van der Waals surface area contributed by atoms with Crippen molar-refractivity contribution in [2.75, 3.05) is 20.2 Å². The van der Waals surface area contributed by atoms with Crippen molar-refractivity contribution in [1.82, 2.24) is 4.90 Å². The lowest BCUT2D eigenvalue weighted by atomic mass is 10.1. The fourth-order valence-corrected chi connectivity index (χ4v) is 2.97. The van der Waals surface area contributed by atoms with Gasteiger partial charge >= 0.3 is 5.97 Å². The topological polar surface area (TPSA) is 38.8 Å². The van der Waals surface area contributed by atoms with Crippen LogP contribution in [0.3, 0.4) is 0 Å². The molecule has 0 N–H and O–H groups in total. The molecule has 0 saturated carbocycles. The van der Waals surface area contributed by atoms with E-state index in [0.29, 0.717) is 5.56 Å². The Morgan fingerprint density at radius 3 is 2.28 bits per heavy atom. The van der Waals surface area contributed by atoms with Crippen molar-refractivity contribution in [2.24, 2.45) is 0 Å². The van der Waals surface area contributed by atoms with Gasteiger partial charge in [0.25, 0.3) is 0 Å². The third-order valence-corrected chi connectivity index (χ3v) is 4.38. The summed E-state index contributed by atoms with van der Waals surface area (Å²) in [7, 11) is 1.61. The summed E-state index contributed by atoms with van der Waals surface area (Å²) >= 11 is 0. The zero-order valence-electron chi connectivity index (χ0n) is 14.4. The summed E-state index contributed by atoms with van der Waals surface area (Å²) in [6.07, 6.45) is 1.77. The Balaban J connectivity index is 0.00000225. The Labute approximate surface area is 155 Å². The molecule has 0 atom stereocenters. The first kappa shape index (κ1) is 19.3. The van der Waals surface area contributed by atoms with Crippen molar-refractivity contribution in [2.45, 2.75) is 25.5 Å². The minimum Gasteiger partial charge on any atom is -0.497 e. The van der Waals surface area contributed by atoms with Gasteiger partial charge in [0.2, 0.25) is 0 Å². The lowest BCUT2D eigenvalue weighted by molar-refractivity contribution is 0.0104. The predicted molar refractivity (Wildman–Crippen MR) is 100 cm³/mol. The van der Waals surface area contributed by atoms with Crippen LogP contribution in [0, 0.1) is 0 Å². The number of nitrogens with zero attached hydrogens (tertiary/aromatic N) is 1. The molecule has 1 aliphatic rings. The number of carbonyl (C=O) groups excluding carboxylic acids is 1. The Kier molecular flexibility index (Phi) is 7.29. The molecule has 4 nitrogen and oxygen atoms in total. The number of rotatable bonds is 5. The van der Waals surface area contributed by atoms with Crippen LogP contribution in [0.5, 0.6) is 5.75 Å². The number of methoxy groups -OCH3 is 1. The zero-order chi connectivity index (χ0) is 16.8. The van der Waals surface area contributed by atoms with Gasteiger partial charge in [-0.2, -0.15) is 0 Å². The molecule has 0 radical (unpaired) electrons. The largest absolute Gasteiger partial charge is 0.497 e. The van der Waals surface area contributed by atoms with Gasteiger partial charge in [0.1, 0.15) is 11.9 Å². The number of likely N-dealkylation sites (tertiary alicyclic amines) is 1. The number of halogens is 1. The normalized spacial score (nSPS) is 15.2. The van der Waals surface area contributed by atoms with Crippen molar-refractivity contribution < 1.29 is 14.3 Å². The summed E-state index contributed by atoms with van der Waals surface area (Å²) in [4.78, 5) is 14.6. The number of piperidine rings is 1. The monoisotopic (exact) mass is 361 g/mol. The third kappa shape index (κ3) is 5.48. The summed E-state index contributed by atoms with van der Waals surface area (Å²) in [5, 5.41) is 0. The molecule has 25 heavy (non-hydrogen) atoms. The molecular formula is C20H24ClNO3. The molecule has 5 heteroatoms. The van der Waals surface area contributed by atoms with Gasteiger partial charge in [-0.1, -0.05) is 30.3 Å². The van der Waals surface area contributed by atoms with Gasteiger partial charge in [-0.15, -0.1) is 12.4 Å². The Bertz CT molecular complexity index is 652. The fourth-order valence-electron chi connectivity index (χ4n) is 2.97. The molecule has 1 heterocycles. The quantitative estimate of drug-likeness (QED) is 0.756. The van der Waals surface area contributed by atoms with E-state index in [2.05, 4.69) is 29.2 Å². The summed E-state index contributed by atoms with van der Waals surface area (Å²) < 4.78 is 10.7. The van der Waals surface area contributed by atoms with E-state index in [4.69, 9.17) is 9.47 Å². The van der Waals surface area contributed by atoms with Crippen LogP contribution in [0.4, 0.5) is 0 Å². The molecule has 0 aliphatic carbocycles. The molecule has 2 aromatic carbocycles. The highest BCUT2D eigenvalue weighted by Gasteiger charge is 2.22. The first-order valence-electron chi connectivity index (χ1n) is 8.36. The van der Waals surface area contributed by atoms with Gasteiger partial charge in [0, 0.05) is 19.6 Å². The second-order valence-corrected chi connectivity index (χ2v) is 6.09. The Hall–Kier alpha value is -2.04. The lowest BCUT2D eigenvalue weighted by Gasteiger charge is -2.31. The van der Waals surface area contributed by atoms with Crippen LogP contribution in [0.25, 0.3) is 0 Å². The van der Waals surface area contributed by atoms with Crippen molar-refractivity contribution in [3.05, 3.63) is 65.7 Å². The van der Waals surface area contributed by atoms with E-state index in [1.807, 2.05) is 6.07 Å². The fraction of sp³-hybridized carbons (Fsp3) is 0.350. The van der Waals surface area contributed by atoms with Gasteiger partial charge in [-0.05, 0) is 42.7 Å². The summed E-state index contributed by atoms with van der Waals surface area (Å²) in [5.74, 6) is 0.486. The molecular weight excluding hydrogens is 338 g/mol. The molecule has 0 bridgehead atoms. The number of hydrogen-bond donors (Lipinski definition) is 0. The highest BCUT2D eigenvalue weighted by Crippen LogP contribution is 2.19. The smallest absolute Gasteiger partial charge is 0.338 e. The number of esters is 1. The van der Waals surface area contributed by atoms with Crippen molar-refractivity contribution in [3.8, 4) is 5.75 Å². The van der Waals surface area contributed by atoms with Crippen LogP contribution in [0.2, 0.25) is 0 Å². The number of hydrogen-bond acceptors (Lipinski definition) is 4. The van der Waals surface area contributed by atoms with E-state index < -0.39 is 0 Å². The van der Waals surface area contributed by atoms with Gasteiger partial charge in [0.05, 0.1) is 12.7 Å². The lowest BCUT2D eigenvalue weighted by Crippen LogP contribution is -2.37. The second kappa shape index (κ2) is 9.44. The van der Waals surface area contributed by atoms with Crippen molar-refractivity contribution >= 4 is 18.4 Å². The van der Waals surface area contributed by atoms with E-state index in [9.17, 15) is 4.79 Å². The molecule has 1 fully saturated rings. The molecule has 1 saturated heterocycles. The third-order valence-electron chi connectivity index (χ3n) is 4.38. The molecule has 0 aromatic heterocycles. The molecule has 0 unspecified atom stereocenters. The van der Waals surface area contributed by atoms with Crippen molar-refractivity contribution in [3.63, 3.8) is 0 Å². The molecule has 0 spiro atoms. The highest BCUT2D eigenvalue weighted by atomic mass is 35.5. The van der Waals surface area contributed by atoms with E-state index >= 15 is 0 Å². The summed E-state index contributed by atoms with van der Waals surface area (Å²) in [5.41, 5.74) is 1.90. The molecule has 134 valence electrons. The van der Waals surface area contributed by atoms with E-state index in [0.717, 1.165) is 38.2 Å². The first-order chi connectivity index (χ1) is 11.7. The van der Waals surface area contributed by atoms with Crippen LogP contribution >= 0.6 is 12.4 Å². The minimum atomic E-state index is -0.251. The van der Waals surface area contributed by atoms with Crippen LogP contribution in [0.15, 0.2) is 54.6 Å². The van der Waals surface area contributed by atoms with Crippen LogP contribution in [0.1, 0.15) is 28.8 Å². The van der Waals surface area contributed by atoms with Crippen molar-refractivity contribution in [1.29, 1.82) is 0 Å². The summed E-state index contributed by atoms with van der Waals surface area (Å²) in [6, 6.07) is 17.5. The van der Waals surface area contributed by atoms with E-state index in [1.165, 1.54) is 5.56 Å². The van der Waals surface area contributed by atoms with Gasteiger partial charge < -0.3 is 9.47 Å². The van der Waals surface area contributed by atoms with Crippen LogP contribution < -0.4 is 4.74 Å². The first-order valence-corrected chi connectivity index (χ1v) is 8.36. The number of ether oxygens (including phenoxy) is 2. The maximum Gasteiger partial charge on any atom is 0.338 e. The molecule has 1 aliphatic heterocycles. The average Bonchev–Trinajstić information content (AvgIpc) is 2.64. The highest BCUT2D eigenvalue weighted by molar-refractivity contribution is 5.89. The SMILES string of the molecule is COc1ccc(C(=O)OC2CCN(Cc3ccccc3)CC2)cc1.Cl.